The summed E-state index contributed by atoms with van der Waals surface area (Å²) in [6.45, 7) is 9.26. The second-order valence-corrected chi connectivity index (χ2v) is 7.95. The van der Waals surface area contributed by atoms with Crippen LogP contribution < -0.4 is 5.32 Å². The highest BCUT2D eigenvalue weighted by atomic mass is 16.5. The highest BCUT2D eigenvalue weighted by Crippen LogP contribution is 2.29. The van der Waals surface area contributed by atoms with Gasteiger partial charge in [-0.05, 0) is 53.0 Å². The fraction of sp³-hybridized carbons (Fsp3) is 0.632. The minimum atomic E-state index is -0.475. The number of urea groups is 1. The van der Waals surface area contributed by atoms with Crippen LogP contribution in [0.15, 0.2) is 0 Å². The molecule has 1 saturated carbocycles. The number of nitrogens with zero attached hydrogens (tertiary/aromatic N) is 2. The molecule has 2 rings (SSSR count). The van der Waals surface area contributed by atoms with Crippen molar-refractivity contribution in [3.63, 3.8) is 0 Å². The highest BCUT2D eigenvalue weighted by Gasteiger charge is 2.36. The van der Waals surface area contributed by atoms with Gasteiger partial charge in [-0.3, -0.25) is 4.79 Å². The molecular formula is C19H29N3O4. The number of Topliss-reactive ketones (excluding diaryl/α,β-unsaturated/α-hetero) is 1. The molecule has 2 amide bonds. The number of carbonyl (C=O) groups excluding carboxylic acids is 3. The lowest BCUT2D eigenvalue weighted by Gasteiger charge is -2.28. The van der Waals surface area contributed by atoms with Crippen molar-refractivity contribution in [3.8, 4) is 0 Å². The minimum Gasteiger partial charge on any atom is -0.464 e. The third-order valence-corrected chi connectivity index (χ3v) is 4.63. The summed E-state index contributed by atoms with van der Waals surface area (Å²) >= 11 is 0. The predicted octanol–water partition coefficient (Wildman–Crippen LogP) is 2.58. The molecule has 1 aliphatic rings. The number of hydrogen-bond acceptors (Lipinski definition) is 4. The van der Waals surface area contributed by atoms with Crippen molar-refractivity contribution >= 4 is 17.8 Å². The van der Waals surface area contributed by atoms with Gasteiger partial charge in [0.05, 0.1) is 13.7 Å². The van der Waals surface area contributed by atoms with Gasteiger partial charge >= 0.3 is 12.0 Å². The Labute approximate surface area is 154 Å². The molecule has 0 unspecified atom stereocenters. The number of amides is 2. The number of hydrogen-bond donors (Lipinski definition) is 1. The Bertz CT molecular complexity index is 739. The lowest BCUT2D eigenvalue weighted by Crippen LogP contribution is -2.50. The lowest BCUT2D eigenvalue weighted by molar-refractivity contribution is 0.0588. The van der Waals surface area contributed by atoms with Crippen LogP contribution in [-0.4, -0.2) is 52.5 Å². The average Bonchev–Trinajstić information content (AvgIpc) is 3.32. The molecule has 1 N–H and O–H groups in total. The summed E-state index contributed by atoms with van der Waals surface area (Å²) in [6, 6.07) is -0.126. The summed E-state index contributed by atoms with van der Waals surface area (Å²) in [4.78, 5) is 39.2. The molecule has 1 fully saturated rings. The molecule has 0 radical (unpaired) electrons. The smallest absolute Gasteiger partial charge is 0.354 e. The molecule has 144 valence electrons. The van der Waals surface area contributed by atoms with Crippen LogP contribution in [0.25, 0.3) is 0 Å². The standard InChI is InChI=1S/C19H29N3O4/c1-11-15(12(2)21(6)16(11)17(24)26-7)14(23)10-22(13-8-9-13)18(25)20-19(3,4)5/h13H,8-10H2,1-7H3,(H,20,25). The molecule has 7 heteroatoms. The van der Waals surface area contributed by atoms with E-state index in [1.807, 2.05) is 20.8 Å². The Hall–Kier alpha value is -2.31. The van der Waals surface area contributed by atoms with Gasteiger partial charge in [0, 0.05) is 29.9 Å². The number of ether oxygens (including phenoxy) is 1. The van der Waals surface area contributed by atoms with Crippen LogP contribution in [0, 0.1) is 13.8 Å². The van der Waals surface area contributed by atoms with Crippen LogP contribution in [0.2, 0.25) is 0 Å². The maximum atomic E-state index is 13.0. The van der Waals surface area contributed by atoms with Crippen molar-refractivity contribution in [1.29, 1.82) is 0 Å². The molecular weight excluding hydrogens is 334 g/mol. The van der Waals surface area contributed by atoms with Gasteiger partial charge in [-0.25, -0.2) is 9.59 Å². The molecule has 1 aromatic rings. The topological polar surface area (TPSA) is 80.6 Å². The van der Waals surface area contributed by atoms with E-state index in [9.17, 15) is 14.4 Å². The third-order valence-electron chi connectivity index (χ3n) is 4.63. The predicted molar refractivity (Wildman–Crippen MR) is 98.6 cm³/mol. The van der Waals surface area contributed by atoms with Gasteiger partial charge in [-0.1, -0.05) is 0 Å². The molecule has 0 atom stereocenters. The second-order valence-electron chi connectivity index (χ2n) is 7.95. The largest absolute Gasteiger partial charge is 0.464 e. The fourth-order valence-electron chi connectivity index (χ4n) is 3.15. The maximum absolute atomic E-state index is 13.0. The SMILES string of the molecule is COC(=O)c1c(C)c(C(=O)CN(C(=O)NC(C)(C)C)C2CC2)c(C)n1C. The van der Waals surface area contributed by atoms with E-state index in [4.69, 9.17) is 4.74 Å². The minimum absolute atomic E-state index is 0.00111. The number of rotatable bonds is 5. The van der Waals surface area contributed by atoms with E-state index in [1.54, 1.807) is 30.4 Å². The first-order chi connectivity index (χ1) is 12.0. The van der Waals surface area contributed by atoms with Gasteiger partial charge in [-0.15, -0.1) is 0 Å². The molecule has 0 saturated heterocycles. The molecule has 0 bridgehead atoms. The van der Waals surface area contributed by atoms with Gasteiger partial charge in [0.2, 0.25) is 0 Å². The van der Waals surface area contributed by atoms with Crippen LogP contribution in [0.3, 0.4) is 0 Å². The zero-order valence-electron chi connectivity index (χ0n) is 16.7. The Morgan fingerprint density at radius 3 is 2.27 bits per heavy atom. The third kappa shape index (κ3) is 4.08. The van der Waals surface area contributed by atoms with E-state index in [0.717, 1.165) is 12.8 Å². The van der Waals surface area contributed by atoms with Gasteiger partial charge in [0.25, 0.3) is 0 Å². The normalized spacial score (nSPS) is 14.1. The van der Waals surface area contributed by atoms with Crippen molar-refractivity contribution in [1.82, 2.24) is 14.8 Å². The number of aromatic nitrogens is 1. The Morgan fingerprint density at radius 2 is 1.81 bits per heavy atom. The number of nitrogens with one attached hydrogen (secondary N) is 1. The van der Waals surface area contributed by atoms with Crippen molar-refractivity contribution < 1.29 is 19.1 Å². The zero-order chi connectivity index (χ0) is 19.8. The Morgan fingerprint density at radius 1 is 1.23 bits per heavy atom. The summed E-state index contributed by atoms with van der Waals surface area (Å²) in [6.07, 6.45) is 1.82. The van der Waals surface area contributed by atoms with Gasteiger partial charge in [0.15, 0.2) is 5.78 Å². The molecule has 26 heavy (non-hydrogen) atoms. The first-order valence-electron chi connectivity index (χ1n) is 8.84. The van der Waals surface area contributed by atoms with E-state index in [0.29, 0.717) is 22.5 Å². The van der Waals surface area contributed by atoms with Crippen molar-refractivity contribution in [2.24, 2.45) is 7.05 Å². The number of methoxy groups -OCH3 is 1. The van der Waals surface area contributed by atoms with Crippen molar-refractivity contribution in [2.75, 3.05) is 13.7 Å². The van der Waals surface area contributed by atoms with Crippen LogP contribution in [0.1, 0.15) is 65.7 Å². The summed E-state index contributed by atoms with van der Waals surface area (Å²) in [5.41, 5.74) is 1.77. The summed E-state index contributed by atoms with van der Waals surface area (Å²) in [7, 11) is 3.05. The maximum Gasteiger partial charge on any atom is 0.354 e. The van der Waals surface area contributed by atoms with E-state index >= 15 is 0 Å². The first-order valence-corrected chi connectivity index (χ1v) is 8.84. The van der Waals surface area contributed by atoms with Gasteiger partial charge in [0.1, 0.15) is 5.69 Å². The average molecular weight is 363 g/mol. The molecule has 7 nitrogen and oxygen atoms in total. The molecule has 0 aromatic carbocycles. The van der Waals surface area contributed by atoms with E-state index in [1.165, 1.54) is 7.11 Å². The van der Waals surface area contributed by atoms with Crippen molar-refractivity contribution in [2.45, 2.75) is 59.0 Å². The summed E-state index contributed by atoms with van der Waals surface area (Å²) < 4.78 is 6.49. The second kappa shape index (κ2) is 7.13. The van der Waals surface area contributed by atoms with E-state index in [-0.39, 0.29) is 29.9 Å². The van der Waals surface area contributed by atoms with E-state index in [2.05, 4.69) is 5.32 Å². The number of ketones is 1. The summed E-state index contributed by atoms with van der Waals surface area (Å²) in [5.74, 6) is -0.640. The molecule has 0 spiro atoms. The van der Waals surface area contributed by atoms with Crippen LogP contribution in [0.5, 0.6) is 0 Å². The van der Waals surface area contributed by atoms with Gasteiger partial charge in [-0.2, -0.15) is 0 Å². The number of carbonyl (C=O) groups is 3. The zero-order valence-corrected chi connectivity index (χ0v) is 16.7. The van der Waals surface area contributed by atoms with Crippen LogP contribution >= 0.6 is 0 Å². The quantitative estimate of drug-likeness (QED) is 0.644. The molecule has 0 aliphatic heterocycles. The Kier molecular flexibility index (Phi) is 5.49. The fourth-order valence-corrected chi connectivity index (χ4v) is 3.15. The summed E-state index contributed by atoms with van der Waals surface area (Å²) in [5, 5.41) is 2.93. The van der Waals surface area contributed by atoms with Crippen molar-refractivity contribution in [3.05, 3.63) is 22.5 Å². The lowest BCUT2D eigenvalue weighted by atomic mass is 10.1. The Balaban J connectivity index is 2.28. The van der Waals surface area contributed by atoms with E-state index < -0.39 is 5.97 Å². The first kappa shape index (κ1) is 20.0. The molecule has 1 heterocycles. The van der Waals surface area contributed by atoms with Crippen LogP contribution in [0.4, 0.5) is 4.79 Å². The number of esters is 1. The molecule has 1 aliphatic carbocycles. The van der Waals surface area contributed by atoms with Crippen LogP contribution in [-0.2, 0) is 11.8 Å². The molecule has 1 aromatic heterocycles. The highest BCUT2D eigenvalue weighted by molar-refractivity contribution is 6.04. The van der Waals surface area contributed by atoms with Gasteiger partial charge < -0.3 is 19.5 Å². The monoisotopic (exact) mass is 363 g/mol.